The summed E-state index contributed by atoms with van der Waals surface area (Å²) in [5.41, 5.74) is -0.407. The van der Waals surface area contributed by atoms with Crippen LogP contribution in [-0.4, -0.2) is 46.3 Å². The van der Waals surface area contributed by atoms with Crippen molar-refractivity contribution in [3.8, 4) is 0 Å². The highest BCUT2D eigenvalue weighted by Gasteiger charge is 2.30. The van der Waals surface area contributed by atoms with Crippen LogP contribution in [0.5, 0.6) is 0 Å². The molecule has 2 heterocycles. The number of thioether (sulfide) groups is 2. The van der Waals surface area contributed by atoms with Crippen molar-refractivity contribution in [3.63, 3.8) is 0 Å². The summed E-state index contributed by atoms with van der Waals surface area (Å²) in [5, 5.41) is 13.9. The van der Waals surface area contributed by atoms with Crippen LogP contribution >= 0.6 is 23.5 Å². The SMILES string of the molecule is OC1(CNC2CCSCC2)CCSCC1. The minimum atomic E-state index is -0.407. The number of hydrogen-bond donors (Lipinski definition) is 2. The molecule has 2 nitrogen and oxygen atoms in total. The van der Waals surface area contributed by atoms with Gasteiger partial charge in [-0.3, -0.25) is 0 Å². The van der Waals surface area contributed by atoms with Crippen molar-refractivity contribution in [1.82, 2.24) is 5.32 Å². The zero-order valence-corrected chi connectivity index (χ0v) is 10.8. The molecular formula is C11H21NOS2. The highest BCUT2D eigenvalue weighted by atomic mass is 32.2. The van der Waals surface area contributed by atoms with E-state index in [2.05, 4.69) is 17.1 Å². The fourth-order valence-corrected chi connectivity index (χ4v) is 4.52. The standard InChI is InChI=1S/C11H21NOS2/c13-11(3-7-15-8-4-11)9-12-10-1-5-14-6-2-10/h10,12-13H,1-9H2. The summed E-state index contributed by atoms with van der Waals surface area (Å²) in [5.74, 6) is 4.81. The summed E-state index contributed by atoms with van der Waals surface area (Å²) in [6.45, 7) is 0.808. The van der Waals surface area contributed by atoms with E-state index in [1.807, 2.05) is 11.8 Å². The zero-order chi connectivity index (χ0) is 10.6. The second kappa shape index (κ2) is 5.80. The van der Waals surface area contributed by atoms with Crippen LogP contribution in [-0.2, 0) is 0 Å². The molecule has 0 aromatic rings. The average Bonchev–Trinajstić information content (AvgIpc) is 2.29. The van der Waals surface area contributed by atoms with E-state index in [9.17, 15) is 5.11 Å². The van der Waals surface area contributed by atoms with Gasteiger partial charge in [0, 0.05) is 12.6 Å². The Balaban J connectivity index is 1.70. The molecule has 0 saturated carbocycles. The first-order valence-electron chi connectivity index (χ1n) is 5.90. The molecule has 15 heavy (non-hydrogen) atoms. The Bertz CT molecular complexity index is 189. The lowest BCUT2D eigenvalue weighted by atomic mass is 9.96. The molecule has 0 aromatic carbocycles. The van der Waals surface area contributed by atoms with E-state index in [1.54, 1.807) is 0 Å². The van der Waals surface area contributed by atoms with Gasteiger partial charge in [0.15, 0.2) is 0 Å². The van der Waals surface area contributed by atoms with Crippen LogP contribution in [0.3, 0.4) is 0 Å². The maximum atomic E-state index is 10.3. The van der Waals surface area contributed by atoms with Gasteiger partial charge in [0.25, 0.3) is 0 Å². The van der Waals surface area contributed by atoms with Crippen molar-refractivity contribution in [1.29, 1.82) is 0 Å². The van der Waals surface area contributed by atoms with Crippen LogP contribution in [0.4, 0.5) is 0 Å². The second-order valence-corrected chi connectivity index (χ2v) is 7.05. The van der Waals surface area contributed by atoms with Crippen LogP contribution in [0, 0.1) is 0 Å². The third kappa shape index (κ3) is 3.84. The van der Waals surface area contributed by atoms with Gasteiger partial charge >= 0.3 is 0 Å². The summed E-state index contributed by atoms with van der Waals surface area (Å²) in [4.78, 5) is 0. The van der Waals surface area contributed by atoms with Gasteiger partial charge < -0.3 is 10.4 Å². The number of rotatable bonds is 3. The summed E-state index contributed by atoms with van der Waals surface area (Å²) in [7, 11) is 0. The van der Waals surface area contributed by atoms with E-state index in [-0.39, 0.29) is 0 Å². The van der Waals surface area contributed by atoms with Crippen LogP contribution in [0.2, 0.25) is 0 Å². The zero-order valence-electron chi connectivity index (χ0n) is 9.21. The molecule has 2 aliphatic heterocycles. The van der Waals surface area contributed by atoms with E-state index in [0.29, 0.717) is 6.04 Å². The van der Waals surface area contributed by atoms with Crippen LogP contribution in [0.15, 0.2) is 0 Å². The Morgan fingerprint density at radius 3 is 2.33 bits per heavy atom. The largest absolute Gasteiger partial charge is 0.389 e. The summed E-state index contributed by atoms with van der Waals surface area (Å²) >= 11 is 4.02. The molecule has 0 unspecified atom stereocenters. The van der Waals surface area contributed by atoms with Gasteiger partial charge in [-0.05, 0) is 48.7 Å². The average molecular weight is 247 g/mol. The molecule has 0 bridgehead atoms. The Morgan fingerprint density at radius 1 is 1.07 bits per heavy atom. The van der Waals surface area contributed by atoms with Crippen LogP contribution in [0.25, 0.3) is 0 Å². The van der Waals surface area contributed by atoms with Crippen molar-refractivity contribution in [2.24, 2.45) is 0 Å². The molecule has 0 aliphatic carbocycles. The second-order valence-electron chi connectivity index (χ2n) is 4.60. The maximum Gasteiger partial charge on any atom is 0.0787 e. The van der Waals surface area contributed by atoms with Gasteiger partial charge in [-0.15, -0.1) is 0 Å². The molecule has 2 saturated heterocycles. The minimum absolute atomic E-state index is 0.407. The van der Waals surface area contributed by atoms with Crippen molar-refractivity contribution in [2.45, 2.75) is 37.3 Å². The van der Waals surface area contributed by atoms with Crippen molar-refractivity contribution in [2.75, 3.05) is 29.6 Å². The van der Waals surface area contributed by atoms with E-state index in [4.69, 9.17) is 0 Å². The Kier molecular flexibility index (Phi) is 4.68. The predicted molar refractivity (Wildman–Crippen MR) is 69.9 cm³/mol. The van der Waals surface area contributed by atoms with Gasteiger partial charge in [0.05, 0.1) is 5.60 Å². The third-order valence-electron chi connectivity index (χ3n) is 3.36. The molecule has 0 aromatic heterocycles. The quantitative estimate of drug-likeness (QED) is 0.795. The Labute approximate surface area is 101 Å². The molecule has 0 atom stereocenters. The maximum absolute atomic E-state index is 10.3. The van der Waals surface area contributed by atoms with Gasteiger partial charge in [0.2, 0.25) is 0 Å². The number of hydrogen-bond acceptors (Lipinski definition) is 4. The highest BCUT2D eigenvalue weighted by molar-refractivity contribution is 7.99. The minimum Gasteiger partial charge on any atom is -0.389 e. The number of aliphatic hydroxyl groups is 1. The van der Waals surface area contributed by atoms with Gasteiger partial charge in [-0.1, -0.05) is 0 Å². The molecule has 2 fully saturated rings. The van der Waals surface area contributed by atoms with Crippen LogP contribution in [0.1, 0.15) is 25.7 Å². The van der Waals surface area contributed by atoms with Crippen molar-refractivity contribution < 1.29 is 5.11 Å². The fraction of sp³-hybridized carbons (Fsp3) is 1.00. The van der Waals surface area contributed by atoms with E-state index >= 15 is 0 Å². The lowest BCUT2D eigenvalue weighted by Gasteiger charge is -2.34. The van der Waals surface area contributed by atoms with Gasteiger partial charge in [-0.25, -0.2) is 0 Å². The lowest BCUT2D eigenvalue weighted by molar-refractivity contribution is 0.0293. The monoisotopic (exact) mass is 247 g/mol. The smallest absolute Gasteiger partial charge is 0.0787 e. The molecule has 88 valence electrons. The summed E-state index contributed by atoms with van der Waals surface area (Å²) in [6, 6.07) is 0.657. The molecule has 2 aliphatic rings. The van der Waals surface area contributed by atoms with Gasteiger partial charge in [-0.2, -0.15) is 23.5 Å². The predicted octanol–water partition coefficient (Wildman–Crippen LogP) is 1.73. The van der Waals surface area contributed by atoms with Crippen molar-refractivity contribution >= 4 is 23.5 Å². The highest BCUT2D eigenvalue weighted by Crippen LogP contribution is 2.27. The first kappa shape index (κ1) is 12.1. The molecule has 0 spiro atoms. The molecule has 4 heteroatoms. The molecule has 2 rings (SSSR count). The molecule has 0 radical (unpaired) electrons. The topological polar surface area (TPSA) is 32.3 Å². The lowest BCUT2D eigenvalue weighted by Crippen LogP contribution is -2.47. The Hall–Kier alpha value is 0.620. The summed E-state index contributed by atoms with van der Waals surface area (Å²) in [6.07, 6.45) is 4.48. The van der Waals surface area contributed by atoms with E-state index < -0.39 is 5.60 Å². The number of nitrogens with one attached hydrogen (secondary N) is 1. The first-order valence-corrected chi connectivity index (χ1v) is 8.21. The van der Waals surface area contributed by atoms with E-state index in [1.165, 1.54) is 24.3 Å². The molecular weight excluding hydrogens is 226 g/mol. The molecule has 2 N–H and O–H groups in total. The normalized spacial score (nSPS) is 27.8. The van der Waals surface area contributed by atoms with Crippen LogP contribution < -0.4 is 5.32 Å². The van der Waals surface area contributed by atoms with Gasteiger partial charge in [0.1, 0.15) is 0 Å². The summed E-state index contributed by atoms with van der Waals surface area (Å²) < 4.78 is 0. The fourth-order valence-electron chi connectivity index (χ4n) is 2.16. The van der Waals surface area contributed by atoms with Crippen molar-refractivity contribution in [3.05, 3.63) is 0 Å². The Morgan fingerprint density at radius 2 is 1.67 bits per heavy atom. The molecule has 0 amide bonds. The van der Waals surface area contributed by atoms with E-state index in [0.717, 1.165) is 30.9 Å². The first-order chi connectivity index (χ1) is 7.29. The third-order valence-corrected chi connectivity index (χ3v) is 5.40.